The van der Waals surface area contributed by atoms with Gasteiger partial charge >= 0.3 is 0 Å². The van der Waals surface area contributed by atoms with E-state index in [0.717, 1.165) is 41.8 Å². The van der Waals surface area contributed by atoms with Gasteiger partial charge in [0.05, 0.1) is 11.9 Å². The third-order valence-corrected chi connectivity index (χ3v) is 7.98. The van der Waals surface area contributed by atoms with Gasteiger partial charge in [-0.15, -0.1) is 0 Å². The van der Waals surface area contributed by atoms with Crippen LogP contribution in [-0.4, -0.2) is 50.0 Å². The van der Waals surface area contributed by atoms with Gasteiger partial charge in [0, 0.05) is 12.6 Å². The van der Waals surface area contributed by atoms with Crippen molar-refractivity contribution in [1.82, 2.24) is 10.2 Å². The van der Waals surface area contributed by atoms with Crippen LogP contribution in [0.2, 0.25) is 0 Å². The highest BCUT2D eigenvalue weighted by Crippen LogP contribution is 2.26. The fourth-order valence-electron chi connectivity index (χ4n) is 4.50. The van der Waals surface area contributed by atoms with Gasteiger partial charge in [-0.05, 0) is 60.6 Å². The predicted molar refractivity (Wildman–Crippen MR) is 144 cm³/mol. The topological polar surface area (TPSA) is 86.8 Å². The maximum absolute atomic E-state index is 13.6. The Bertz CT molecular complexity index is 1190. The monoisotopic (exact) mass is 531 g/mol. The molecule has 1 atom stereocenters. The SMILES string of the molecule is CC(C(=O)NC1CCCC1)N(Cc1ccc(F)cc1)C(=O)CN(c1ccc(C(C)(C)C)cc1)S(C)(=O)=O. The standard InChI is InChI=1S/C28H38FN3O4S/c1-20(27(34)30-24-8-6-7-9-24)31(18-21-10-14-23(29)15-11-21)26(33)19-32(37(5,35)36)25-16-12-22(13-17-25)28(2,3)4/h10-17,20,24H,6-9,18-19H2,1-5H3,(H,30,34). The molecule has 1 N–H and O–H groups in total. The van der Waals surface area contributed by atoms with Gasteiger partial charge in [-0.1, -0.05) is 57.9 Å². The van der Waals surface area contributed by atoms with Gasteiger partial charge in [-0.2, -0.15) is 0 Å². The van der Waals surface area contributed by atoms with Gasteiger partial charge in [0.1, 0.15) is 18.4 Å². The number of nitrogens with zero attached hydrogens (tertiary/aromatic N) is 2. The molecule has 0 aromatic heterocycles. The summed E-state index contributed by atoms with van der Waals surface area (Å²) in [4.78, 5) is 28.1. The van der Waals surface area contributed by atoms with E-state index in [1.54, 1.807) is 31.2 Å². The molecule has 1 fully saturated rings. The van der Waals surface area contributed by atoms with Crippen LogP contribution in [0.4, 0.5) is 10.1 Å². The predicted octanol–water partition coefficient (Wildman–Crippen LogP) is 4.37. The van der Waals surface area contributed by atoms with Crippen molar-refractivity contribution in [2.24, 2.45) is 0 Å². The van der Waals surface area contributed by atoms with Crippen molar-refractivity contribution in [2.75, 3.05) is 17.1 Å². The average Bonchev–Trinajstić information content (AvgIpc) is 3.33. The molecule has 0 saturated heterocycles. The number of rotatable bonds is 9. The first-order valence-corrected chi connectivity index (χ1v) is 14.5. The van der Waals surface area contributed by atoms with Crippen molar-refractivity contribution in [2.45, 2.75) is 77.4 Å². The summed E-state index contributed by atoms with van der Waals surface area (Å²) in [5.74, 6) is -1.22. The fourth-order valence-corrected chi connectivity index (χ4v) is 5.35. The number of nitrogens with one attached hydrogen (secondary N) is 1. The van der Waals surface area contributed by atoms with E-state index in [9.17, 15) is 22.4 Å². The van der Waals surface area contributed by atoms with E-state index in [4.69, 9.17) is 0 Å². The van der Waals surface area contributed by atoms with Crippen molar-refractivity contribution < 1.29 is 22.4 Å². The minimum Gasteiger partial charge on any atom is -0.352 e. The Labute approximate surface area is 220 Å². The lowest BCUT2D eigenvalue weighted by Gasteiger charge is -2.32. The van der Waals surface area contributed by atoms with Crippen LogP contribution in [0.15, 0.2) is 48.5 Å². The molecule has 0 aliphatic heterocycles. The number of sulfonamides is 1. The first-order valence-electron chi connectivity index (χ1n) is 12.7. The molecule has 1 unspecified atom stereocenters. The average molecular weight is 532 g/mol. The number of benzene rings is 2. The zero-order valence-electron chi connectivity index (χ0n) is 22.3. The first-order chi connectivity index (χ1) is 17.3. The van der Waals surface area contributed by atoms with E-state index in [2.05, 4.69) is 26.1 Å². The van der Waals surface area contributed by atoms with Crippen LogP contribution in [-0.2, 0) is 31.6 Å². The Morgan fingerprint density at radius 1 is 1.03 bits per heavy atom. The molecule has 0 spiro atoms. The summed E-state index contributed by atoms with van der Waals surface area (Å²) >= 11 is 0. The van der Waals surface area contributed by atoms with Crippen LogP contribution in [0, 0.1) is 5.82 Å². The number of carbonyl (C=O) groups is 2. The molecule has 1 saturated carbocycles. The molecule has 3 rings (SSSR count). The molecule has 2 aromatic carbocycles. The molecule has 37 heavy (non-hydrogen) atoms. The lowest BCUT2D eigenvalue weighted by molar-refractivity contribution is -0.139. The summed E-state index contributed by atoms with van der Waals surface area (Å²) in [5.41, 5.74) is 1.92. The van der Waals surface area contributed by atoms with Crippen molar-refractivity contribution >= 4 is 27.5 Å². The van der Waals surface area contributed by atoms with Gasteiger partial charge in [0.2, 0.25) is 21.8 Å². The molecule has 2 aromatic rings. The third-order valence-electron chi connectivity index (χ3n) is 6.84. The van der Waals surface area contributed by atoms with Crippen LogP contribution in [0.3, 0.4) is 0 Å². The van der Waals surface area contributed by atoms with Crippen molar-refractivity contribution in [1.29, 1.82) is 0 Å². The molecule has 0 radical (unpaired) electrons. The van der Waals surface area contributed by atoms with E-state index in [-0.39, 0.29) is 23.9 Å². The van der Waals surface area contributed by atoms with Gasteiger partial charge in [0.15, 0.2) is 0 Å². The molecule has 9 heteroatoms. The molecule has 0 bridgehead atoms. The molecule has 1 aliphatic rings. The largest absolute Gasteiger partial charge is 0.352 e. The van der Waals surface area contributed by atoms with E-state index < -0.39 is 34.3 Å². The highest BCUT2D eigenvalue weighted by Gasteiger charge is 2.31. The summed E-state index contributed by atoms with van der Waals surface area (Å²) in [7, 11) is -3.80. The van der Waals surface area contributed by atoms with Crippen LogP contribution < -0.4 is 9.62 Å². The maximum Gasteiger partial charge on any atom is 0.244 e. The Balaban J connectivity index is 1.87. The van der Waals surface area contributed by atoms with Gasteiger partial charge in [-0.3, -0.25) is 13.9 Å². The summed E-state index contributed by atoms with van der Waals surface area (Å²) in [6.07, 6.45) is 4.95. The number of hydrogen-bond acceptors (Lipinski definition) is 4. The van der Waals surface area contributed by atoms with Crippen LogP contribution >= 0.6 is 0 Å². The van der Waals surface area contributed by atoms with E-state index in [1.807, 2.05) is 12.1 Å². The van der Waals surface area contributed by atoms with E-state index in [1.165, 1.54) is 17.0 Å². The molecule has 0 heterocycles. The number of carbonyl (C=O) groups excluding carboxylic acids is 2. The molecule has 1 aliphatic carbocycles. The van der Waals surface area contributed by atoms with Crippen molar-refractivity contribution in [3.05, 3.63) is 65.5 Å². The normalized spacial score (nSPS) is 15.3. The molecule has 7 nitrogen and oxygen atoms in total. The van der Waals surface area contributed by atoms with Crippen molar-refractivity contribution in [3.8, 4) is 0 Å². The number of hydrogen-bond donors (Lipinski definition) is 1. The highest BCUT2D eigenvalue weighted by atomic mass is 32.2. The van der Waals surface area contributed by atoms with Gasteiger partial charge < -0.3 is 10.2 Å². The summed E-state index contributed by atoms with van der Waals surface area (Å²) < 4.78 is 40.0. The minimum absolute atomic E-state index is 0.0406. The Morgan fingerprint density at radius 2 is 1.59 bits per heavy atom. The van der Waals surface area contributed by atoms with E-state index in [0.29, 0.717) is 11.3 Å². The Morgan fingerprint density at radius 3 is 2.11 bits per heavy atom. The zero-order chi connectivity index (χ0) is 27.4. The fraction of sp³-hybridized carbons (Fsp3) is 0.500. The van der Waals surface area contributed by atoms with Gasteiger partial charge in [-0.25, -0.2) is 12.8 Å². The zero-order valence-corrected chi connectivity index (χ0v) is 23.1. The second-order valence-electron chi connectivity index (χ2n) is 10.9. The van der Waals surface area contributed by atoms with Crippen LogP contribution in [0.1, 0.15) is 64.5 Å². The molecule has 2 amide bonds. The van der Waals surface area contributed by atoms with E-state index >= 15 is 0 Å². The number of halogens is 1. The molecular weight excluding hydrogens is 493 g/mol. The Hall–Kier alpha value is -2.94. The highest BCUT2D eigenvalue weighted by molar-refractivity contribution is 7.92. The first kappa shape index (κ1) is 28.6. The van der Waals surface area contributed by atoms with Gasteiger partial charge in [0.25, 0.3) is 0 Å². The summed E-state index contributed by atoms with van der Waals surface area (Å²) in [6.45, 7) is 7.39. The molecule has 202 valence electrons. The van der Waals surface area contributed by atoms with Crippen LogP contribution in [0.25, 0.3) is 0 Å². The second kappa shape index (κ2) is 11.6. The minimum atomic E-state index is -3.80. The molecular formula is C28H38FN3O4S. The third kappa shape index (κ3) is 7.77. The van der Waals surface area contributed by atoms with Crippen molar-refractivity contribution in [3.63, 3.8) is 0 Å². The number of amides is 2. The lowest BCUT2D eigenvalue weighted by Crippen LogP contribution is -2.52. The maximum atomic E-state index is 13.6. The summed E-state index contributed by atoms with van der Waals surface area (Å²) in [6, 6.07) is 12.0. The quantitative estimate of drug-likeness (QED) is 0.521. The lowest BCUT2D eigenvalue weighted by atomic mass is 9.87. The smallest absolute Gasteiger partial charge is 0.244 e. The summed E-state index contributed by atoms with van der Waals surface area (Å²) in [5, 5.41) is 3.02. The van der Waals surface area contributed by atoms with Crippen LogP contribution in [0.5, 0.6) is 0 Å². The number of anilines is 1. The Kier molecular flexibility index (Phi) is 9.00. The second-order valence-corrected chi connectivity index (χ2v) is 12.8.